The van der Waals surface area contributed by atoms with Crippen molar-refractivity contribution in [2.24, 2.45) is 0 Å². The average molecular weight is 425 g/mol. The van der Waals surface area contributed by atoms with Crippen LogP contribution in [0.2, 0.25) is 0 Å². The molecule has 2 saturated heterocycles. The molecule has 2 aliphatic heterocycles. The van der Waals surface area contributed by atoms with Gasteiger partial charge in [-0.05, 0) is 57.4 Å². The topological polar surface area (TPSA) is 93.2 Å². The van der Waals surface area contributed by atoms with Gasteiger partial charge in [-0.15, -0.1) is 0 Å². The Morgan fingerprint density at radius 2 is 1.69 bits per heavy atom. The number of piperidine rings is 1. The summed E-state index contributed by atoms with van der Waals surface area (Å²) in [6.07, 6.45) is 1.89. The lowest BCUT2D eigenvalue weighted by atomic mass is 10.0. The second-order valence-electron chi connectivity index (χ2n) is 7.64. The lowest BCUT2D eigenvalue weighted by Gasteiger charge is -2.34. The van der Waals surface area contributed by atoms with Crippen molar-refractivity contribution >= 4 is 21.9 Å². The Kier molecular flexibility index (Phi) is 6.60. The zero-order chi connectivity index (χ0) is 21.2. The van der Waals surface area contributed by atoms with Crippen LogP contribution in [0.15, 0.2) is 29.2 Å². The molecule has 0 N–H and O–H groups in total. The molecule has 3 rings (SSSR count). The number of benzene rings is 1. The average Bonchev–Trinajstić information content (AvgIpc) is 2.72. The number of rotatable bonds is 4. The first kappa shape index (κ1) is 21.7. The van der Waals surface area contributed by atoms with E-state index in [1.165, 1.54) is 40.6 Å². The van der Waals surface area contributed by atoms with E-state index < -0.39 is 22.0 Å². The second kappa shape index (κ2) is 8.81. The van der Waals surface area contributed by atoms with E-state index in [9.17, 15) is 18.0 Å². The third kappa shape index (κ3) is 4.62. The molecule has 2 fully saturated rings. The van der Waals surface area contributed by atoms with Crippen LogP contribution >= 0.6 is 0 Å². The predicted octanol–water partition coefficient (Wildman–Crippen LogP) is 1.65. The number of esters is 1. The maximum Gasteiger partial charge on any atom is 0.328 e. The predicted molar refractivity (Wildman–Crippen MR) is 106 cm³/mol. The van der Waals surface area contributed by atoms with Crippen LogP contribution in [0.4, 0.5) is 0 Å². The van der Waals surface area contributed by atoms with E-state index in [2.05, 4.69) is 0 Å². The first-order chi connectivity index (χ1) is 13.7. The Morgan fingerprint density at radius 3 is 2.28 bits per heavy atom. The van der Waals surface area contributed by atoms with Gasteiger partial charge in [0.2, 0.25) is 10.0 Å². The molecule has 0 saturated carbocycles. The summed E-state index contributed by atoms with van der Waals surface area (Å²) in [7, 11) is -2.36. The zero-order valence-electron chi connectivity index (χ0n) is 17.0. The number of sulfonamides is 1. The highest BCUT2D eigenvalue weighted by molar-refractivity contribution is 7.89. The summed E-state index contributed by atoms with van der Waals surface area (Å²) in [5.41, 5.74) is 0.350. The lowest BCUT2D eigenvalue weighted by molar-refractivity contribution is -0.147. The number of hydrogen-bond donors (Lipinski definition) is 0. The standard InChI is InChI=1S/C20H28N2O6S/c1-14-12-21(13-15(2)28-14)29(25,26)17-9-7-16(8-10-17)19(23)22-11-5-4-6-18(22)20(24)27-3/h7-10,14-15,18H,4-6,11-13H2,1-3H3/t14-,15-,18+/m1/s1. The van der Waals surface area contributed by atoms with Gasteiger partial charge in [-0.25, -0.2) is 13.2 Å². The molecule has 2 aliphatic rings. The van der Waals surface area contributed by atoms with Crippen molar-refractivity contribution in [2.45, 2.75) is 56.3 Å². The van der Waals surface area contributed by atoms with Crippen molar-refractivity contribution in [1.29, 1.82) is 0 Å². The van der Waals surface area contributed by atoms with Crippen molar-refractivity contribution in [1.82, 2.24) is 9.21 Å². The summed E-state index contributed by atoms with van der Waals surface area (Å²) < 4.78 is 37.8. The number of likely N-dealkylation sites (tertiary alicyclic amines) is 1. The van der Waals surface area contributed by atoms with Crippen LogP contribution in [0.5, 0.6) is 0 Å². The number of ether oxygens (including phenoxy) is 2. The third-order valence-electron chi connectivity index (χ3n) is 5.36. The van der Waals surface area contributed by atoms with Crippen LogP contribution in [-0.4, -0.2) is 74.5 Å². The number of nitrogens with zero attached hydrogens (tertiary/aromatic N) is 2. The largest absolute Gasteiger partial charge is 0.467 e. The van der Waals surface area contributed by atoms with Gasteiger partial charge < -0.3 is 14.4 Å². The molecule has 2 heterocycles. The molecule has 0 aliphatic carbocycles. The Hall–Kier alpha value is -1.97. The minimum atomic E-state index is -3.67. The maximum absolute atomic E-state index is 13.0. The highest BCUT2D eigenvalue weighted by Crippen LogP contribution is 2.24. The number of amides is 1. The molecule has 1 amide bonds. The molecule has 0 bridgehead atoms. The zero-order valence-corrected chi connectivity index (χ0v) is 17.9. The van der Waals surface area contributed by atoms with E-state index in [0.29, 0.717) is 31.6 Å². The molecular formula is C20H28N2O6S. The Morgan fingerprint density at radius 1 is 1.07 bits per heavy atom. The number of carbonyl (C=O) groups excluding carboxylic acids is 2. The fraction of sp³-hybridized carbons (Fsp3) is 0.600. The van der Waals surface area contributed by atoms with E-state index in [1.807, 2.05) is 13.8 Å². The Labute approximate surface area is 171 Å². The van der Waals surface area contributed by atoms with Crippen molar-refractivity contribution in [3.05, 3.63) is 29.8 Å². The number of hydrogen-bond acceptors (Lipinski definition) is 6. The number of morpholine rings is 1. The monoisotopic (exact) mass is 424 g/mol. The lowest BCUT2D eigenvalue weighted by Crippen LogP contribution is -2.48. The maximum atomic E-state index is 13.0. The molecule has 160 valence electrons. The first-order valence-corrected chi connectivity index (χ1v) is 11.3. The quantitative estimate of drug-likeness (QED) is 0.683. The minimum Gasteiger partial charge on any atom is -0.467 e. The molecule has 0 aromatic heterocycles. The van der Waals surface area contributed by atoms with Gasteiger partial charge in [-0.3, -0.25) is 4.79 Å². The van der Waals surface area contributed by atoms with E-state index in [-0.39, 0.29) is 23.0 Å². The van der Waals surface area contributed by atoms with E-state index >= 15 is 0 Å². The minimum absolute atomic E-state index is 0.138. The van der Waals surface area contributed by atoms with Crippen LogP contribution in [0.3, 0.4) is 0 Å². The highest BCUT2D eigenvalue weighted by atomic mass is 32.2. The fourth-order valence-electron chi connectivity index (χ4n) is 3.97. The number of carbonyl (C=O) groups is 2. The summed E-state index contributed by atoms with van der Waals surface area (Å²) >= 11 is 0. The summed E-state index contributed by atoms with van der Waals surface area (Å²) in [6.45, 7) is 4.75. The van der Waals surface area contributed by atoms with Crippen molar-refractivity contribution in [2.75, 3.05) is 26.7 Å². The van der Waals surface area contributed by atoms with Crippen molar-refractivity contribution in [3.63, 3.8) is 0 Å². The summed E-state index contributed by atoms with van der Waals surface area (Å²) in [4.78, 5) is 26.6. The fourth-order valence-corrected chi connectivity index (χ4v) is 5.56. The first-order valence-electron chi connectivity index (χ1n) is 9.88. The summed E-state index contributed by atoms with van der Waals surface area (Å²) in [6, 6.07) is 5.31. The molecule has 0 unspecified atom stereocenters. The molecular weight excluding hydrogens is 396 g/mol. The SMILES string of the molecule is COC(=O)[C@@H]1CCCCN1C(=O)c1ccc(S(=O)(=O)N2C[C@@H](C)O[C@H](C)C2)cc1. The van der Waals surface area contributed by atoms with Crippen LogP contribution in [-0.2, 0) is 24.3 Å². The van der Waals surface area contributed by atoms with Gasteiger partial charge in [-0.1, -0.05) is 0 Å². The van der Waals surface area contributed by atoms with E-state index in [4.69, 9.17) is 9.47 Å². The summed E-state index contributed by atoms with van der Waals surface area (Å²) in [5.74, 6) is -0.717. The van der Waals surface area contributed by atoms with Crippen LogP contribution < -0.4 is 0 Å². The highest BCUT2D eigenvalue weighted by Gasteiger charge is 2.34. The van der Waals surface area contributed by atoms with Gasteiger partial charge in [0.15, 0.2) is 0 Å². The Bertz CT molecular complexity index is 844. The second-order valence-corrected chi connectivity index (χ2v) is 9.57. The molecule has 8 nitrogen and oxygen atoms in total. The van der Waals surface area contributed by atoms with Gasteiger partial charge in [0, 0.05) is 25.2 Å². The normalized spacial score (nSPS) is 26.2. The van der Waals surface area contributed by atoms with E-state index in [1.54, 1.807) is 0 Å². The molecule has 1 aromatic carbocycles. The van der Waals surface area contributed by atoms with Gasteiger partial charge in [0.1, 0.15) is 6.04 Å². The summed E-state index contributed by atoms with van der Waals surface area (Å²) in [5, 5.41) is 0. The van der Waals surface area contributed by atoms with Gasteiger partial charge in [-0.2, -0.15) is 4.31 Å². The third-order valence-corrected chi connectivity index (χ3v) is 7.21. The molecule has 0 spiro atoms. The van der Waals surface area contributed by atoms with Gasteiger partial charge in [0.25, 0.3) is 5.91 Å². The van der Waals surface area contributed by atoms with Crippen molar-refractivity contribution < 1.29 is 27.5 Å². The molecule has 0 radical (unpaired) electrons. The van der Waals surface area contributed by atoms with Gasteiger partial charge in [0.05, 0.1) is 24.2 Å². The molecule has 29 heavy (non-hydrogen) atoms. The van der Waals surface area contributed by atoms with Gasteiger partial charge >= 0.3 is 5.97 Å². The van der Waals surface area contributed by atoms with Crippen LogP contribution in [0.1, 0.15) is 43.5 Å². The number of methoxy groups -OCH3 is 1. The van der Waals surface area contributed by atoms with Crippen LogP contribution in [0.25, 0.3) is 0 Å². The molecule has 9 heteroatoms. The van der Waals surface area contributed by atoms with Crippen molar-refractivity contribution in [3.8, 4) is 0 Å². The van der Waals surface area contributed by atoms with Crippen LogP contribution in [0, 0.1) is 0 Å². The van der Waals surface area contributed by atoms with E-state index in [0.717, 1.165) is 12.8 Å². The Balaban J connectivity index is 1.78. The smallest absolute Gasteiger partial charge is 0.328 e. The molecule has 1 aromatic rings. The molecule has 3 atom stereocenters.